The third-order valence-corrected chi connectivity index (χ3v) is 4.43. The molecule has 7 nitrogen and oxygen atoms in total. The first-order valence-corrected chi connectivity index (χ1v) is 7.74. The third-order valence-electron chi connectivity index (χ3n) is 2.82. The van der Waals surface area contributed by atoms with Crippen LogP contribution in [-0.4, -0.2) is 33.0 Å². The molecule has 0 atom stereocenters. The number of hydrogen-bond donors (Lipinski definition) is 2. The van der Waals surface area contributed by atoms with Crippen LogP contribution >= 0.6 is 0 Å². The van der Waals surface area contributed by atoms with Gasteiger partial charge in [0, 0.05) is 24.7 Å². The lowest BCUT2D eigenvalue weighted by molar-refractivity contribution is -0.385. The first kappa shape index (κ1) is 16.5. The number of likely N-dealkylation sites (N-methyl/N-ethyl adjacent to an activating group) is 1. The van der Waals surface area contributed by atoms with Crippen molar-refractivity contribution in [3.05, 3.63) is 33.4 Å². The van der Waals surface area contributed by atoms with Gasteiger partial charge in [-0.05, 0) is 32.0 Å². The molecule has 0 heterocycles. The van der Waals surface area contributed by atoms with Crippen LogP contribution < -0.4 is 10.0 Å². The second-order valence-electron chi connectivity index (χ2n) is 4.41. The first-order valence-electron chi connectivity index (χ1n) is 6.25. The van der Waals surface area contributed by atoms with Crippen LogP contribution in [0.4, 0.5) is 5.69 Å². The van der Waals surface area contributed by atoms with Crippen LogP contribution in [0.1, 0.15) is 18.1 Å². The predicted octanol–water partition coefficient (Wildman–Crippen LogP) is 1.10. The lowest BCUT2D eigenvalue weighted by Crippen LogP contribution is -2.32. The zero-order valence-corrected chi connectivity index (χ0v) is 12.6. The maximum absolute atomic E-state index is 12.1. The maximum atomic E-state index is 12.1. The summed E-state index contributed by atoms with van der Waals surface area (Å²) in [7, 11) is -3.74. The molecule has 0 aliphatic carbocycles. The number of nitro benzene ring substituents is 1. The van der Waals surface area contributed by atoms with Crippen LogP contribution in [0.2, 0.25) is 0 Å². The standard InChI is InChI=1S/C12H19N3O4S/c1-4-13-5-6-14-20(18,19)12-8-11(15(16)17)9(2)7-10(12)3/h7-8,13-14H,4-6H2,1-3H3. The second-order valence-corrected chi connectivity index (χ2v) is 6.15. The Hall–Kier alpha value is -1.51. The van der Waals surface area contributed by atoms with Gasteiger partial charge in [0.25, 0.3) is 5.69 Å². The van der Waals surface area contributed by atoms with Crippen molar-refractivity contribution >= 4 is 15.7 Å². The summed E-state index contributed by atoms with van der Waals surface area (Å²) >= 11 is 0. The number of nitrogens with zero attached hydrogens (tertiary/aromatic N) is 1. The van der Waals surface area contributed by atoms with Crippen molar-refractivity contribution in [3.8, 4) is 0 Å². The van der Waals surface area contributed by atoms with Crippen LogP contribution in [0.3, 0.4) is 0 Å². The highest BCUT2D eigenvalue weighted by atomic mass is 32.2. The molecule has 1 rings (SSSR count). The number of benzene rings is 1. The molecule has 0 aliphatic heterocycles. The fourth-order valence-electron chi connectivity index (χ4n) is 1.84. The van der Waals surface area contributed by atoms with E-state index in [0.717, 1.165) is 12.6 Å². The van der Waals surface area contributed by atoms with E-state index in [0.29, 0.717) is 17.7 Å². The molecule has 0 radical (unpaired) electrons. The van der Waals surface area contributed by atoms with Gasteiger partial charge in [0.05, 0.1) is 9.82 Å². The van der Waals surface area contributed by atoms with Crippen molar-refractivity contribution in [2.45, 2.75) is 25.7 Å². The minimum Gasteiger partial charge on any atom is -0.316 e. The van der Waals surface area contributed by atoms with E-state index >= 15 is 0 Å². The summed E-state index contributed by atoms with van der Waals surface area (Å²) in [5.74, 6) is 0. The van der Waals surface area contributed by atoms with Crippen molar-refractivity contribution < 1.29 is 13.3 Å². The van der Waals surface area contributed by atoms with Crippen molar-refractivity contribution in [1.29, 1.82) is 0 Å². The molecule has 0 saturated heterocycles. The molecule has 2 N–H and O–H groups in total. The molecule has 112 valence electrons. The van der Waals surface area contributed by atoms with Crippen molar-refractivity contribution in [1.82, 2.24) is 10.0 Å². The van der Waals surface area contributed by atoms with Crippen molar-refractivity contribution in [3.63, 3.8) is 0 Å². The molecule has 0 fully saturated rings. The van der Waals surface area contributed by atoms with Crippen molar-refractivity contribution in [2.75, 3.05) is 19.6 Å². The summed E-state index contributed by atoms with van der Waals surface area (Å²) < 4.78 is 26.7. The molecule has 0 amide bonds. The molecule has 8 heteroatoms. The maximum Gasteiger partial charge on any atom is 0.273 e. The quantitative estimate of drug-likeness (QED) is 0.446. The lowest BCUT2D eigenvalue weighted by Gasteiger charge is -2.10. The van der Waals surface area contributed by atoms with E-state index in [1.807, 2.05) is 6.92 Å². The summed E-state index contributed by atoms with van der Waals surface area (Å²) in [6.07, 6.45) is 0. The number of nitro groups is 1. The van der Waals surface area contributed by atoms with Gasteiger partial charge in [0.15, 0.2) is 0 Å². The van der Waals surface area contributed by atoms with Crippen LogP contribution in [0.15, 0.2) is 17.0 Å². The van der Waals surface area contributed by atoms with E-state index in [9.17, 15) is 18.5 Å². The molecule has 0 spiro atoms. The number of aryl methyl sites for hydroxylation is 2. The average Bonchev–Trinajstić information content (AvgIpc) is 2.33. The van der Waals surface area contributed by atoms with Gasteiger partial charge in [0.1, 0.15) is 0 Å². The highest BCUT2D eigenvalue weighted by molar-refractivity contribution is 7.89. The molecule has 1 aromatic carbocycles. The van der Waals surface area contributed by atoms with Gasteiger partial charge in [-0.15, -0.1) is 0 Å². The number of sulfonamides is 1. The summed E-state index contributed by atoms with van der Waals surface area (Å²) in [5.41, 5.74) is 0.741. The van der Waals surface area contributed by atoms with E-state index in [-0.39, 0.29) is 17.1 Å². The summed E-state index contributed by atoms with van der Waals surface area (Å²) in [4.78, 5) is 10.3. The van der Waals surface area contributed by atoms with Crippen LogP contribution in [-0.2, 0) is 10.0 Å². The number of nitrogens with one attached hydrogen (secondary N) is 2. The van der Waals surface area contributed by atoms with Gasteiger partial charge in [-0.1, -0.05) is 6.92 Å². The molecule has 1 aromatic rings. The monoisotopic (exact) mass is 301 g/mol. The zero-order valence-electron chi connectivity index (χ0n) is 11.8. The van der Waals surface area contributed by atoms with E-state index in [4.69, 9.17) is 0 Å². The summed E-state index contributed by atoms with van der Waals surface area (Å²) in [6, 6.07) is 2.62. The van der Waals surface area contributed by atoms with Gasteiger partial charge in [-0.2, -0.15) is 0 Å². The van der Waals surface area contributed by atoms with E-state index in [1.165, 1.54) is 6.07 Å². The van der Waals surface area contributed by atoms with Crippen LogP contribution in [0.5, 0.6) is 0 Å². The van der Waals surface area contributed by atoms with Gasteiger partial charge in [0.2, 0.25) is 10.0 Å². The first-order chi connectivity index (χ1) is 9.29. The second kappa shape index (κ2) is 6.78. The smallest absolute Gasteiger partial charge is 0.273 e. The fourth-order valence-corrected chi connectivity index (χ4v) is 3.11. The Bertz CT molecular complexity index is 599. The largest absolute Gasteiger partial charge is 0.316 e. The Balaban J connectivity index is 3.05. The molecule has 0 aromatic heterocycles. The number of hydrogen-bond acceptors (Lipinski definition) is 5. The lowest BCUT2D eigenvalue weighted by atomic mass is 10.1. The van der Waals surface area contributed by atoms with Crippen LogP contribution in [0.25, 0.3) is 0 Å². The molecular formula is C12H19N3O4S. The van der Waals surface area contributed by atoms with Crippen molar-refractivity contribution in [2.24, 2.45) is 0 Å². The molecule has 0 aliphatic rings. The average molecular weight is 301 g/mol. The molecular weight excluding hydrogens is 282 g/mol. The fraction of sp³-hybridized carbons (Fsp3) is 0.500. The number of rotatable bonds is 7. The molecule has 20 heavy (non-hydrogen) atoms. The van der Waals surface area contributed by atoms with E-state index in [2.05, 4.69) is 10.0 Å². The molecule has 0 bridgehead atoms. The predicted molar refractivity (Wildman–Crippen MR) is 76.3 cm³/mol. The zero-order chi connectivity index (χ0) is 15.3. The summed E-state index contributed by atoms with van der Waals surface area (Å²) in [5, 5.41) is 13.9. The normalized spacial score (nSPS) is 11.6. The Kier molecular flexibility index (Phi) is 5.61. The minimum absolute atomic E-state index is 0.0497. The Morgan fingerprint density at radius 2 is 1.85 bits per heavy atom. The summed E-state index contributed by atoms with van der Waals surface area (Å²) in [6.45, 7) is 6.61. The van der Waals surface area contributed by atoms with Gasteiger partial charge < -0.3 is 5.32 Å². The topological polar surface area (TPSA) is 101 Å². The van der Waals surface area contributed by atoms with Gasteiger partial charge in [-0.3, -0.25) is 10.1 Å². The van der Waals surface area contributed by atoms with E-state index in [1.54, 1.807) is 13.8 Å². The molecule has 0 unspecified atom stereocenters. The Morgan fingerprint density at radius 1 is 1.20 bits per heavy atom. The van der Waals surface area contributed by atoms with E-state index < -0.39 is 14.9 Å². The minimum atomic E-state index is -3.74. The van der Waals surface area contributed by atoms with Gasteiger partial charge in [-0.25, -0.2) is 13.1 Å². The molecule has 0 saturated carbocycles. The van der Waals surface area contributed by atoms with Crippen LogP contribution in [0, 0.1) is 24.0 Å². The van der Waals surface area contributed by atoms with Gasteiger partial charge >= 0.3 is 0 Å². The Labute approximate surface area is 118 Å². The highest BCUT2D eigenvalue weighted by Gasteiger charge is 2.22. The Morgan fingerprint density at radius 3 is 2.40 bits per heavy atom. The SMILES string of the molecule is CCNCCNS(=O)(=O)c1cc([N+](=O)[O-])c(C)cc1C. The third kappa shape index (κ3) is 3.99. The highest BCUT2D eigenvalue weighted by Crippen LogP contribution is 2.25.